The van der Waals surface area contributed by atoms with Gasteiger partial charge in [0.15, 0.2) is 0 Å². The molecule has 1 aliphatic heterocycles. The van der Waals surface area contributed by atoms with Crippen LogP contribution in [-0.4, -0.2) is 67.9 Å². The lowest BCUT2D eigenvalue weighted by atomic mass is 9.95. The number of likely N-dealkylation sites (N-methyl/N-ethyl adjacent to an activating group) is 2. The Hall–Kier alpha value is -1.95. The molecule has 1 saturated heterocycles. The Bertz CT molecular complexity index is 850. The highest BCUT2D eigenvalue weighted by atomic mass is 35.5. The van der Waals surface area contributed by atoms with Crippen molar-refractivity contribution in [2.24, 2.45) is 5.92 Å². The standard InChI is InChI=1S/C25H33ClFN3O/c1-28(2)24(21-5-4-6-23(27)17-21)25(31)29(3)18-20-12-15-30(16-13-20)14-11-19-7-9-22(26)10-8-19/h4-10,17,20,24H,11-16,18H2,1-3H3. The quantitative estimate of drug-likeness (QED) is 0.598. The number of benzene rings is 2. The van der Waals surface area contributed by atoms with Gasteiger partial charge < -0.3 is 9.80 Å². The van der Waals surface area contributed by atoms with Crippen LogP contribution in [0.15, 0.2) is 48.5 Å². The Morgan fingerprint density at radius 1 is 1.13 bits per heavy atom. The Balaban J connectivity index is 1.48. The fraction of sp³-hybridized carbons (Fsp3) is 0.480. The van der Waals surface area contributed by atoms with Crippen LogP contribution in [0.25, 0.3) is 0 Å². The summed E-state index contributed by atoms with van der Waals surface area (Å²) in [6.45, 7) is 3.90. The molecule has 168 valence electrons. The summed E-state index contributed by atoms with van der Waals surface area (Å²) < 4.78 is 13.7. The van der Waals surface area contributed by atoms with Gasteiger partial charge in [0.1, 0.15) is 11.9 Å². The molecule has 6 heteroatoms. The molecule has 2 aromatic rings. The summed E-state index contributed by atoms with van der Waals surface area (Å²) in [6, 6.07) is 13.9. The fourth-order valence-electron chi connectivity index (χ4n) is 4.36. The van der Waals surface area contributed by atoms with E-state index in [1.807, 2.05) is 49.1 Å². The average molecular weight is 446 g/mol. The highest BCUT2D eigenvalue weighted by Crippen LogP contribution is 2.24. The third-order valence-electron chi connectivity index (χ3n) is 6.16. The Morgan fingerprint density at radius 2 is 1.81 bits per heavy atom. The number of carbonyl (C=O) groups is 1. The Morgan fingerprint density at radius 3 is 2.42 bits per heavy atom. The fourth-order valence-corrected chi connectivity index (χ4v) is 4.48. The zero-order valence-electron chi connectivity index (χ0n) is 18.7. The van der Waals surface area contributed by atoms with E-state index in [4.69, 9.17) is 11.6 Å². The first-order valence-corrected chi connectivity index (χ1v) is 11.3. The molecule has 2 aromatic carbocycles. The van der Waals surface area contributed by atoms with E-state index in [1.54, 1.807) is 6.07 Å². The highest BCUT2D eigenvalue weighted by molar-refractivity contribution is 6.30. The molecule has 1 amide bonds. The molecule has 1 unspecified atom stereocenters. The number of rotatable bonds is 8. The average Bonchev–Trinajstić information content (AvgIpc) is 2.74. The van der Waals surface area contributed by atoms with Crippen LogP contribution < -0.4 is 0 Å². The minimum atomic E-state index is -0.472. The number of amides is 1. The number of likely N-dealkylation sites (tertiary alicyclic amines) is 1. The van der Waals surface area contributed by atoms with Gasteiger partial charge in [-0.2, -0.15) is 0 Å². The summed E-state index contributed by atoms with van der Waals surface area (Å²) >= 11 is 5.96. The molecule has 0 spiro atoms. The van der Waals surface area contributed by atoms with E-state index in [2.05, 4.69) is 17.0 Å². The molecule has 0 N–H and O–H groups in total. The normalized spacial score (nSPS) is 16.5. The largest absolute Gasteiger partial charge is 0.344 e. The van der Waals surface area contributed by atoms with Gasteiger partial charge in [-0.15, -0.1) is 0 Å². The summed E-state index contributed by atoms with van der Waals surface area (Å²) in [4.78, 5) is 19.3. The molecule has 1 atom stereocenters. The van der Waals surface area contributed by atoms with Crippen molar-refractivity contribution in [2.45, 2.75) is 25.3 Å². The van der Waals surface area contributed by atoms with Crippen LogP contribution in [0.1, 0.15) is 30.0 Å². The van der Waals surface area contributed by atoms with Gasteiger partial charge in [0, 0.05) is 25.2 Å². The lowest BCUT2D eigenvalue weighted by Crippen LogP contribution is -2.43. The van der Waals surface area contributed by atoms with Crippen molar-refractivity contribution < 1.29 is 9.18 Å². The zero-order valence-corrected chi connectivity index (χ0v) is 19.5. The predicted octanol–water partition coefficient (Wildman–Crippen LogP) is 4.49. The van der Waals surface area contributed by atoms with Crippen LogP contribution in [-0.2, 0) is 11.2 Å². The SMILES string of the molecule is CN(CC1CCN(CCc2ccc(Cl)cc2)CC1)C(=O)C(c1cccc(F)c1)N(C)C. The monoisotopic (exact) mass is 445 g/mol. The molecule has 3 rings (SSSR count). The second-order valence-corrected chi connectivity index (χ2v) is 9.24. The Kier molecular flexibility index (Phi) is 8.47. The van der Waals surface area contributed by atoms with Crippen molar-refractivity contribution in [1.29, 1.82) is 0 Å². The maximum atomic E-state index is 13.7. The van der Waals surface area contributed by atoms with Gasteiger partial charge >= 0.3 is 0 Å². The molecular weight excluding hydrogens is 413 g/mol. The number of piperidine rings is 1. The van der Waals surface area contributed by atoms with Gasteiger partial charge in [-0.3, -0.25) is 9.69 Å². The molecule has 1 fully saturated rings. The van der Waals surface area contributed by atoms with E-state index in [0.717, 1.165) is 50.5 Å². The maximum Gasteiger partial charge on any atom is 0.244 e. The molecule has 31 heavy (non-hydrogen) atoms. The zero-order chi connectivity index (χ0) is 22.4. The van der Waals surface area contributed by atoms with Crippen LogP contribution in [0.4, 0.5) is 4.39 Å². The molecule has 1 aliphatic rings. The van der Waals surface area contributed by atoms with Crippen LogP contribution in [0.3, 0.4) is 0 Å². The molecule has 0 bridgehead atoms. The first-order chi connectivity index (χ1) is 14.8. The molecule has 0 aromatic heterocycles. The Labute approximate surface area is 190 Å². The third kappa shape index (κ3) is 6.76. The second-order valence-electron chi connectivity index (χ2n) is 8.80. The van der Waals surface area contributed by atoms with Crippen LogP contribution in [0, 0.1) is 11.7 Å². The number of hydrogen-bond acceptors (Lipinski definition) is 3. The van der Waals surface area contributed by atoms with Crippen LogP contribution in [0.2, 0.25) is 5.02 Å². The van der Waals surface area contributed by atoms with E-state index in [1.165, 1.54) is 17.7 Å². The molecule has 0 saturated carbocycles. The summed E-state index contributed by atoms with van der Waals surface area (Å²) in [6.07, 6.45) is 3.20. The summed E-state index contributed by atoms with van der Waals surface area (Å²) in [5.74, 6) is 0.197. The van der Waals surface area contributed by atoms with E-state index >= 15 is 0 Å². The third-order valence-corrected chi connectivity index (χ3v) is 6.41. The summed E-state index contributed by atoms with van der Waals surface area (Å²) in [5, 5.41) is 0.775. The lowest BCUT2D eigenvalue weighted by Gasteiger charge is -2.35. The minimum absolute atomic E-state index is 0.0146. The van der Waals surface area contributed by atoms with Gasteiger partial charge in [0.05, 0.1) is 0 Å². The van der Waals surface area contributed by atoms with Crippen molar-refractivity contribution in [3.8, 4) is 0 Å². The van der Waals surface area contributed by atoms with Gasteiger partial charge in [-0.1, -0.05) is 35.9 Å². The topological polar surface area (TPSA) is 26.8 Å². The van der Waals surface area contributed by atoms with E-state index < -0.39 is 6.04 Å². The smallest absolute Gasteiger partial charge is 0.244 e. The lowest BCUT2D eigenvalue weighted by molar-refractivity contribution is -0.135. The predicted molar refractivity (Wildman–Crippen MR) is 125 cm³/mol. The minimum Gasteiger partial charge on any atom is -0.344 e. The number of hydrogen-bond donors (Lipinski definition) is 0. The molecule has 4 nitrogen and oxygen atoms in total. The van der Waals surface area contributed by atoms with E-state index in [-0.39, 0.29) is 11.7 Å². The van der Waals surface area contributed by atoms with Gasteiger partial charge in [0.25, 0.3) is 0 Å². The number of nitrogens with zero attached hydrogens (tertiary/aromatic N) is 3. The maximum absolute atomic E-state index is 13.7. The number of halogens is 2. The van der Waals surface area contributed by atoms with Gasteiger partial charge in [0.2, 0.25) is 5.91 Å². The molecular formula is C25H33ClFN3O. The van der Waals surface area contributed by atoms with Gasteiger partial charge in [-0.25, -0.2) is 4.39 Å². The first-order valence-electron chi connectivity index (χ1n) is 11.0. The van der Waals surface area contributed by atoms with Crippen LogP contribution >= 0.6 is 11.6 Å². The highest BCUT2D eigenvalue weighted by Gasteiger charge is 2.28. The van der Waals surface area contributed by atoms with Crippen molar-refractivity contribution in [3.05, 3.63) is 70.5 Å². The van der Waals surface area contributed by atoms with Crippen molar-refractivity contribution in [2.75, 3.05) is 47.3 Å². The summed E-state index contributed by atoms with van der Waals surface area (Å²) in [5.41, 5.74) is 2.00. The van der Waals surface area contributed by atoms with E-state index in [9.17, 15) is 9.18 Å². The number of carbonyl (C=O) groups excluding carboxylic acids is 1. The van der Waals surface area contributed by atoms with E-state index in [0.29, 0.717) is 11.5 Å². The molecule has 1 heterocycles. The van der Waals surface area contributed by atoms with Crippen molar-refractivity contribution in [3.63, 3.8) is 0 Å². The second kappa shape index (κ2) is 11.1. The summed E-state index contributed by atoms with van der Waals surface area (Å²) in [7, 11) is 5.59. The van der Waals surface area contributed by atoms with Gasteiger partial charge in [-0.05, 0) is 87.8 Å². The van der Waals surface area contributed by atoms with Crippen molar-refractivity contribution >= 4 is 17.5 Å². The first kappa shape index (κ1) is 23.7. The molecule has 0 aliphatic carbocycles. The van der Waals surface area contributed by atoms with Crippen molar-refractivity contribution in [1.82, 2.24) is 14.7 Å². The van der Waals surface area contributed by atoms with Crippen LogP contribution in [0.5, 0.6) is 0 Å². The molecule has 0 radical (unpaired) electrons.